The highest BCUT2D eigenvalue weighted by Gasteiger charge is 2.25. The molecule has 6 nitrogen and oxygen atoms in total. The Hall–Kier alpha value is -1.89. The summed E-state index contributed by atoms with van der Waals surface area (Å²) in [7, 11) is 0. The van der Waals surface area contributed by atoms with Crippen molar-refractivity contribution in [3.63, 3.8) is 0 Å². The minimum Gasteiger partial charge on any atom is -0.444 e. The second kappa shape index (κ2) is 9.28. The van der Waals surface area contributed by atoms with Gasteiger partial charge >= 0.3 is 6.09 Å². The smallest absolute Gasteiger partial charge is 0.410 e. The van der Waals surface area contributed by atoms with Gasteiger partial charge in [-0.1, -0.05) is 23.2 Å². The van der Waals surface area contributed by atoms with Crippen molar-refractivity contribution in [2.24, 2.45) is 0 Å². The lowest BCUT2D eigenvalue weighted by atomic mass is 10.0. The van der Waals surface area contributed by atoms with Crippen LogP contribution in [0, 0.1) is 0 Å². The number of nitrogens with zero attached hydrogens (tertiary/aromatic N) is 3. The average molecular weight is 437 g/mol. The molecule has 29 heavy (non-hydrogen) atoms. The van der Waals surface area contributed by atoms with Crippen LogP contribution in [0.2, 0.25) is 10.3 Å². The number of ether oxygens (including phenoxy) is 1. The first-order valence-corrected chi connectivity index (χ1v) is 10.4. The third kappa shape index (κ3) is 6.29. The van der Waals surface area contributed by atoms with Crippen LogP contribution in [0.1, 0.15) is 43.0 Å². The topological polar surface area (TPSA) is 67.3 Å². The Morgan fingerprint density at radius 1 is 1.03 bits per heavy atom. The van der Waals surface area contributed by atoms with E-state index >= 15 is 0 Å². The Labute approximate surface area is 181 Å². The number of hydrogen-bond donors (Lipinski definition) is 1. The van der Waals surface area contributed by atoms with Gasteiger partial charge in [0.2, 0.25) is 0 Å². The maximum atomic E-state index is 11.9. The van der Waals surface area contributed by atoms with E-state index in [0.717, 1.165) is 37.1 Å². The molecule has 1 amide bonds. The highest BCUT2D eigenvalue weighted by molar-refractivity contribution is 6.29. The number of amides is 1. The van der Waals surface area contributed by atoms with Gasteiger partial charge < -0.3 is 15.0 Å². The highest BCUT2D eigenvalue weighted by Crippen LogP contribution is 2.22. The summed E-state index contributed by atoms with van der Waals surface area (Å²) in [5.74, 6) is 0. The molecule has 0 saturated heterocycles. The van der Waals surface area contributed by atoms with Crippen molar-refractivity contribution in [3.05, 3.63) is 57.1 Å². The molecule has 1 N–H and O–H groups in total. The fraction of sp³-hybridized carbons (Fsp3) is 0.476. The number of carbonyl (C=O) groups excluding carboxylic acids is 1. The van der Waals surface area contributed by atoms with Crippen molar-refractivity contribution in [2.45, 2.75) is 52.3 Å². The minimum atomic E-state index is -0.463. The van der Waals surface area contributed by atoms with Crippen LogP contribution < -0.4 is 5.32 Å². The monoisotopic (exact) mass is 436 g/mol. The Morgan fingerprint density at radius 2 is 1.66 bits per heavy atom. The van der Waals surface area contributed by atoms with Crippen molar-refractivity contribution >= 4 is 29.3 Å². The minimum absolute atomic E-state index is 0.275. The van der Waals surface area contributed by atoms with E-state index in [1.807, 2.05) is 39.1 Å². The van der Waals surface area contributed by atoms with Crippen LogP contribution in [0.3, 0.4) is 0 Å². The van der Waals surface area contributed by atoms with Gasteiger partial charge in [-0.3, -0.25) is 0 Å². The number of aromatic nitrogens is 2. The molecule has 8 heteroatoms. The largest absolute Gasteiger partial charge is 0.444 e. The molecule has 2 aliphatic rings. The van der Waals surface area contributed by atoms with Crippen LogP contribution in [0.4, 0.5) is 4.79 Å². The van der Waals surface area contributed by atoms with Gasteiger partial charge in [0.05, 0.1) is 6.54 Å². The quantitative estimate of drug-likeness (QED) is 0.619. The zero-order valence-electron chi connectivity index (χ0n) is 17.0. The molecule has 2 aliphatic heterocycles. The molecular weight excluding hydrogens is 411 g/mol. The fourth-order valence-electron chi connectivity index (χ4n) is 3.23. The van der Waals surface area contributed by atoms with E-state index in [1.54, 1.807) is 11.1 Å². The number of hydrogen-bond acceptors (Lipinski definition) is 5. The molecule has 0 radical (unpaired) electrons. The van der Waals surface area contributed by atoms with E-state index < -0.39 is 5.60 Å². The number of fused-ring (bicyclic) bond motifs is 2. The fourth-order valence-corrected chi connectivity index (χ4v) is 3.59. The van der Waals surface area contributed by atoms with Crippen LogP contribution in [0.15, 0.2) is 24.5 Å². The zero-order chi connectivity index (χ0) is 21.0. The predicted octanol–water partition coefficient (Wildman–Crippen LogP) is 4.41. The summed E-state index contributed by atoms with van der Waals surface area (Å²) >= 11 is 11.6. The summed E-state index contributed by atoms with van der Waals surface area (Å²) in [5.41, 5.74) is 4.35. The highest BCUT2D eigenvalue weighted by atomic mass is 35.5. The lowest BCUT2D eigenvalue weighted by Crippen LogP contribution is -2.39. The summed E-state index contributed by atoms with van der Waals surface area (Å²) in [5, 5.41) is 4.38. The van der Waals surface area contributed by atoms with Crippen molar-refractivity contribution in [2.75, 3.05) is 13.1 Å². The molecule has 2 aromatic rings. The molecule has 0 saturated carbocycles. The summed E-state index contributed by atoms with van der Waals surface area (Å²) in [6.45, 7) is 8.77. The number of nitrogens with one attached hydrogen (secondary N) is 1. The first-order valence-electron chi connectivity index (χ1n) is 9.66. The Balaban J connectivity index is 0.000000186. The van der Waals surface area contributed by atoms with E-state index in [4.69, 9.17) is 27.9 Å². The maximum absolute atomic E-state index is 11.9. The molecule has 0 aliphatic carbocycles. The predicted molar refractivity (Wildman–Crippen MR) is 114 cm³/mol. The Morgan fingerprint density at radius 3 is 2.31 bits per heavy atom. The molecule has 0 bridgehead atoms. The third-order valence-corrected chi connectivity index (χ3v) is 5.06. The Bertz CT molecular complexity index is 883. The van der Waals surface area contributed by atoms with Crippen LogP contribution in [0.5, 0.6) is 0 Å². The van der Waals surface area contributed by atoms with Gasteiger partial charge in [-0.15, -0.1) is 0 Å². The standard InChI is InChI=1S/C13H17ClN2O2.C8H9ClN2/c1-13(2,3)18-12(17)16-5-4-9-6-11(14)15-7-10(9)8-16;9-8-3-6-1-2-10-4-7(6)5-11-8/h6-7H,4-5,8H2,1-3H3;3,5,10H,1-2,4H2. The molecule has 0 spiro atoms. The van der Waals surface area contributed by atoms with Gasteiger partial charge in [0.15, 0.2) is 0 Å². The zero-order valence-corrected chi connectivity index (χ0v) is 18.5. The van der Waals surface area contributed by atoms with Crippen LogP contribution in [0.25, 0.3) is 0 Å². The molecule has 2 aromatic heterocycles. The SMILES string of the molecule is CC(C)(C)OC(=O)N1CCc2cc(Cl)ncc2C1.Clc1cc2c(cn1)CNCC2. The van der Waals surface area contributed by atoms with Gasteiger partial charge in [0, 0.05) is 25.5 Å². The van der Waals surface area contributed by atoms with E-state index in [9.17, 15) is 4.79 Å². The average Bonchev–Trinajstić information content (AvgIpc) is 2.66. The van der Waals surface area contributed by atoms with Crippen molar-refractivity contribution < 1.29 is 9.53 Å². The van der Waals surface area contributed by atoms with E-state index in [2.05, 4.69) is 15.3 Å². The van der Waals surface area contributed by atoms with Gasteiger partial charge in [-0.2, -0.15) is 0 Å². The summed E-state index contributed by atoms with van der Waals surface area (Å²) in [4.78, 5) is 21.7. The molecular formula is C21H26Cl2N4O2. The second-order valence-corrected chi connectivity index (χ2v) is 8.90. The van der Waals surface area contributed by atoms with E-state index in [0.29, 0.717) is 23.4 Å². The lowest BCUT2D eigenvalue weighted by Gasteiger charge is -2.31. The normalized spacial score (nSPS) is 15.6. The number of carbonyl (C=O) groups is 1. The van der Waals surface area contributed by atoms with Crippen molar-refractivity contribution in [1.29, 1.82) is 0 Å². The Kier molecular flexibility index (Phi) is 6.98. The molecule has 156 valence electrons. The molecule has 4 rings (SSSR count). The van der Waals surface area contributed by atoms with Crippen LogP contribution in [-0.4, -0.2) is 39.7 Å². The molecule has 0 unspecified atom stereocenters. The molecule has 4 heterocycles. The van der Waals surface area contributed by atoms with E-state index in [-0.39, 0.29) is 6.09 Å². The molecule has 0 atom stereocenters. The second-order valence-electron chi connectivity index (χ2n) is 8.13. The summed E-state index contributed by atoms with van der Waals surface area (Å²) in [6.07, 6.45) is 5.16. The lowest BCUT2D eigenvalue weighted by molar-refractivity contribution is 0.0224. The van der Waals surface area contributed by atoms with Gasteiger partial charge in [0.25, 0.3) is 0 Å². The van der Waals surface area contributed by atoms with Gasteiger partial charge in [0.1, 0.15) is 15.9 Å². The van der Waals surface area contributed by atoms with Crippen molar-refractivity contribution in [3.8, 4) is 0 Å². The first-order chi connectivity index (χ1) is 13.7. The number of pyridine rings is 2. The van der Waals surface area contributed by atoms with Gasteiger partial charge in [-0.05, 0) is 74.5 Å². The van der Waals surface area contributed by atoms with Crippen LogP contribution in [-0.2, 0) is 30.7 Å². The van der Waals surface area contributed by atoms with Crippen molar-refractivity contribution in [1.82, 2.24) is 20.2 Å². The number of halogens is 2. The first kappa shape index (κ1) is 21.8. The third-order valence-electron chi connectivity index (χ3n) is 4.65. The molecule has 0 fully saturated rings. The molecule has 0 aromatic carbocycles. The van der Waals surface area contributed by atoms with Crippen LogP contribution >= 0.6 is 23.2 Å². The summed E-state index contributed by atoms with van der Waals surface area (Å²) in [6, 6.07) is 3.82. The van der Waals surface area contributed by atoms with Gasteiger partial charge in [-0.25, -0.2) is 14.8 Å². The van der Waals surface area contributed by atoms with E-state index in [1.165, 1.54) is 11.1 Å². The number of rotatable bonds is 0. The maximum Gasteiger partial charge on any atom is 0.410 e. The summed E-state index contributed by atoms with van der Waals surface area (Å²) < 4.78 is 5.36.